The van der Waals surface area contributed by atoms with Crippen LogP contribution in [-0.2, 0) is 0 Å². The molecule has 0 bridgehead atoms. The van der Waals surface area contributed by atoms with Crippen molar-refractivity contribution in [2.45, 2.75) is 79.2 Å². The van der Waals surface area contributed by atoms with Crippen LogP contribution in [0.3, 0.4) is 0 Å². The van der Waals surface area contributed by atoms with Crippen LogP contribution in [0.4, 0.5) is 0 Å². The van der Waals surface area contributed by atoms with Gasteiger partial charge in [0, 0.05) is 36.6 Å². The number of aliphatic hydroxyl groups excluding tert-OH is 1. The number of aliphatic hydroxyl groups is 1. The van der Waals surface area contributed by atoms with Crippen molar-refractivity contribution in [3.63, 3.8) is 0 Å². The van der Waals surface area contributed by atoms with Gasteiger partial charge in [0.25, 0.3) is 0 Å². The Balaban J connectivity index is 1.40. The molecule has 1 saturated heterocycles. The van der Waals surface area contributed by atoms with Gasteiger partial charge in [-0.25, -0.2) is 0 Å². The fourth-order valence-electron chi connectivity index (χ4n) is 9.00. The SMILES string of the molecule is C[C@H](CN1CCSCC1)[C@H]1CC[C@H]2C3=CC=C4C(C)(C)[C@@H](O)CC[C@]4(C)[C@H]3CC[C@]12C. The summed E-state index contributed by atoms with van der Waals surface area (Å²) >= 11 is 2.13. The molecule has 4 aliphatic carbocycles. The standard InChI is InChI=1S/C28H45NOS/c1-19(18-29-14-16-31-17-15-29)21-7-8-22-20-6-9-24-26(2,3)25(30)11-13-28(24,5)23(20)10-12-27(21,22)4/h6,9,19,21-23,25,30H,7-8,10-18H2,1-5H3/t19-,21-,22+,23+,25+,27-,28-/m1/s1. The Kier molecular flexibility index (Phi) is 5.75. The zero-order chi connectivity index (χ0) is 22.0. The van der Waals surface area contributed by atoms with Gasteiger partial charge in [0.1, 0.15) is 0 Å². The van der Waals surface area contributed by atoms with Crippen LogP contribution in [0.5, 0.6) is 0 Å². The predicted molar refractivity (Wildman–Crippen MR) is 133 cm³/mol. The second-order valence-electron chi connectivity index (χ2n) is 12.7. The van der Waals surface area contributed by atoms with E-state index in [1.165, 1.54) is 62.4 Å². The third-order valence-electron chi connectivity index (χ3n) is 10.8. The van der Waals surface area contributed by atoms with Crippen molar-refractivity contribution in [3.8, 4) is 0 Å². The van der Waals surface area contributed by atoms with Crippen LogP contribution in [-0.4, -0.2) is 47.3 Å². The van der Waals surface area contributed by atoms with Crippen molar-refractivity contribution in [2.24, 2.45) is 39.9 Å². The summed E-state index contributed by atoms with van der Waals surface area (Å²) in [6.07, 6.45) is 12.5. The van der Waals surface area contributed by atoms with Crippen molar-refractivity contribution in [2.75, 3.05) is 31.1 Å². The molecule has 0 aromatic rings. The Morgan fingerprint density at radius 3 is 2.48 bits per heavy atom. The minimum Gasteiger partial charge on any atom is -0.392 e. The second-order valence-corrected chi connectivity index (χ2v) is 13.9. The molecule has 0 unspecified atom stereocenters. The van der Waals surface area contributed by atoms with E-state index in [0.29, 0.717) is 11.3 Å². The molecule has 0 spiro atoms. The largest absolute Gasteiger partial charge is 0.392 e. The highest BCUT2D eigenvalue weighted by Gasteiger charge is 2.59. The van der Waals surface area contributed by atoms with Gasteiger partial charge in [0.15, 0.2) is 0 Å². The van der Waals surface area contributed by atoms with E-state index in [-0.39, 0.29) is 16.9 Å². The maximum Gasteiger partial charge on any atom is 0.0628 e. The summed E-state index contributed by atoms with van der Waals surface area (Å²) in [7, 11) is 0. The Labute approximate surface area is 195 Å². The Bertz CT molecular complexity index is 765. The molecule has 5 rings (SSSR count). The third kappa shape index (κ3) is 3.43. The van der Waals surface area contributed by atoms with E-state index in [2.05, 4.69) is 63.4 Å². The first-order valence-corrected chi connectivity index (χ1v) is 14.2. The normalized spacial score (nSPS) is 45.7. The summed E-state index contributed by atoms with van der Waals surface area (Å²) in [5.41, 5.74) is 3.97. The van der Waals surface area contributed by atoms with Crippen LogP contribution >= 0.6 is 11.8 Å². The lowest BCUT2D eigenvalue weighted by atomic mass is 9.47. The molecule has 174 valence electrons. The zero-order valence-corrected chi connectivity index (χ0v) is 21.4. The van der Waals surface area contributed by atoms with Gasteiger partial charge in [0.2, 0.25) is 0 Å². The van der Waals surface area contributed by atoms with E-state index in [1.54, 1.807) is 5.57 Å². The van der Waals surface area contributed by atoms with Crippen molar-refractivity contribution in [3.05, 3.63) is 23.3 Å². The summed E-state index contributed by atoms with van der Waals surface area (Å²) in [5, 5.41) is 10.7. The van der Waals surface area contributed by atoms with Gasteiger partial charge in [0.05, 0.1) is 6.10 Å². The molecule has 0 amide bonds. The zero-order valence-electron chi connectivity index (χ0n) is 20.6. The van der Waals surface area contributed by atoms with E-state index in [1.807, 2.05) is 0 Å². The number of thioether (sulfide) groups is 1. The van der Waals surface area contributed by atoms with Crippen molar-refractivity contribution in [1.82, 2.24) is 4.90 Å². The fraction of sp³-hybridized carbons (Fsp3) is 0.857. The van der Waals surface area contributed by atoms with Crippen molar-refractivity contribution in [1.29, 1.82) is 0 Å². The molecule has 0 radical (unpaired) electrons. The minimum absolute atomic E-state index is 0.0881. The highest BCUT2D eigenvalue weighted by atomic mass is 32.2. The highest BCUT2D eigenvalue weighted by molar-refractivity contribution is 7.99. The quantitative estimate of drug-likeness (QED) is 0.564. The molecule has 0 aromatic heterocycles. The van der Waals surface area contributed by atoms with Gasteiger partial charge in [-0.05, 0) is 73.0 Å². The van der Waals surface area contributed by atoms with Crippen LogP contribution in [0, 0.1) is 39.9 Å². The Morgan fingerprint density at radius 2 is 1.74 bits per heavy atom. The number of hydrogen-bond acceptors (Lipinski definition) is 3. The first-order valence-electron chi connectivity index (χ1n) is 13.1. The first-order chi connectivity index (χ1) is 14.7. The molecule has 3 heteroatoms. The van der Waals surface area contributed by atoms with Gasteiger partial charge in [-0.2, -0.15) is 11.8 Å². The molecule has 0 aromatic carbocycles. The lowest BCUT2D eigenvalue weighted by Crippen LogP contribution is -2.51. The predicted octanol–water partition coefficient (Wildman–Crippen LogP) is 6.17. The number of fused-ring (bicyclic) bond motifs is 5. The van der Waals surface area contributed by atoms with Gasteiger partial charge in [-0.1, -0.05) is 57.9 Å². The summed E-state index contributed by atoms with van der Waals surface area (Å²) in [4.78, 5) is 2.74. The van der Waals surface area contributed by atoms with Gasteiger partial charge in [-0.15, -0.1) is 0 Å². The van der Waals surface area contributed by atoms with E-state index in [4.69, 9.17) is 0 Å². The average molecular weight is 444 g/mol. The van der Waals surface area contributed by atoms with Crippen LogP contribution in [0.25, 0.3) is 0 Å². The lowest BCUT2D eigenvalue weighted by molar-refractivity contribution is -0.0179. The maximum absolute atomic E-state index is 10.7. The number of hydrogen-bond donors (Lipinski definition) is 1. The summed E-state index contributed by atoms with van der Waals surface area (Å²) in [6.45, 7) is 16.2. The van der Waals surface area contributed by atoms with E-state index in [0.717, 1.165) is 30.6 Å². The monoisotopic (exact) mass is 443 g/mol. The van der Waals surface area contributed by atoms with Crippen LogP contribution in [0.15, 0.2) is 23.3 Å². The third-order valence-corrected chi connectivity index (χ3v) is 11.8. The molecule has 1 heterocycles. The van der Waals surface area contributed by atoms with Crippen LogP contribution in [0.2, 0.25) is 0 Å². The lowest BCUT2D eigenvalue weighted by Gasteiger charge is -2.58. The molecule has 31 heavy (non-hydrogen) atoms. The smallest absolute Gasteiger partial charge is 0.0628 e. The number of allylic oxidation sites excluding steroid dienone is 3. The first kappa shape index (κ1) is 22.5. The number of rotatable bonds is 3. The summed E-state index contributed by atoms with van der Waals surface area (Å²) in [6, 6.07) is 0. The Morgan fingerprint density at radius 1 is 1.00 bits per heavy atom. The minimum atomic E-state index is -0.194. The van der Waals surface area contributed by atoms with Crippen molar-refractivity contribution < 1.29 is 5.11 Å². The second kappa shape index (κ2) is 7.91. The molecule has 3 saturated carbocycles. The topological polar surface area (TPSA) is 23.5 Å². The van der Waals surface area contributed by atoms with Crippen LogP contribution in [0.1, 0.15) is 73.1 Å². The molecule has 4 fully saturated rings. The van der Waals surface area contributed by atoms with Gasteiger partial charge < -0.3 is 10.0 Å². The van der Waals surface area contributed by atoms with E-state index >= 15 is 0 Å². The average Bonchev–Trinajstić information content (AvgIpc) is 3.09. The van der Waals surface area contributed by atoms with E-state index < -0.39 is 0 Å². The molecule has 1 N–H and O–H groups in total. The molecular formula is C28H45NOS. The van der Waals surface area contributed by atoms with Crippen LogP contribution < -0.4 is 0 Å². The summed E-state index contributed by atoms with van der Waals surface area (Å²) in [5.74, 6) is 5.81. The van der Waals surface area contributed by atoms with E-state index in [9.17, 15) is 5.11 Å². The molecule has 5 aliphatic rings. The maximum atomic E-state index is 10.7. The molecule has 2 nitrogen and oxygen atoms in total. The molecule has 7 atom stereocenters. The van der Waals surface area contributed by atoms with Gasteiger partial charge in [-0.3, -0.25) is 0 Å². The van der Waals surface area contributed by atoms with Gasteiger partial charge >= 0.3 is 0 Å². The summed E-state index contributed by atoms with van der Waals surface area (Å²) < 4.78 is 0. The Hall–Kier alpha value is -0.250. The number of nitrogens with zero attached hydrogens (tertiary/aromatic N) is 1. The molecule has 1 aliphatic heterocycles. The molecular weight excluding hydrogens is 398 g/mol. The highest BCUT2D eigenvalue weighted by Crippen LogP contribution is 2.67. The van der Waals surface area contributed by atoms with Crippen molar-refractivity contribution >= 4 is 11.8 Å². The fourth-order valence-corrected chi connectivity index (χ4v) is 9.98.